The molecule has 6 nitrogen and oxygen atoms in total. The Bertz CT molecular complexity index is 1210. The third-order valence-electron chi connectivity index (χ3n) is 4.71. The molecule has 0 aliphatic carbocycles. The summed E-state index contributed by atoms with van der Waals surface area (Å²) in [6.45, 7) is 0.0226. The molecule has 3 amide bonds. The van der Waals surface area contributed by atoms with Crippen molar-refractivity contribution in [1.29, 1.82) is 0 Å². The number of nitrogens with one attached hydrogen (secondary N) is 1. The predicted octanol–water partition coefficient (Wildman–Crippen LogP) is 5.59. The van der Waals surface area contributed by atoms with Crippen LogP contribution in [0.25, 0.3) is 6.08 Å². The van der Waals surface area contributed by atoms with Crippen molar-refractivity contribution in [1.82, 2.24) is 4.90 Å². The number of amides is 3. The molecule has 0 saturated carbocycles. The van der Waals surface area contributed by atoms with Gasteiger partial charge in [0.05, 0.1) is 4.91 Å². The zero-order chi connectivity index (χ0) is 23.2. The minimum Gasteiger partial charge on any atom is -0.489 e. The van der Waals surface area contributed by atoms with Gasteiger partial charge in [-0.1, -0.05) is 54.1 Å². The maximum atomic E-state index is 12.7. The fourth-order valence-corrected chi connectivity index (χ4v) is 4.06. The maximum absolute atomic E-state index is 12.7. The lowest BCUT2D eigenvalue weighted by molar-refractivity contribution is -0.127. The number of halogens is 1. The van der Waals surface area contributed by atoms with Gasteiger partial charge in [0.25, 0.3) is 11.1 Å². The van der Waals surface area contributed by atoms with Crippen LogP contribution in [0.3, 0.4) is 0 Å². The summed E-state index contributed by atoms with van der Waals surface area (Å²) in [5.41, 5.74) is 2.28. The van der Waals surface area contributed by atoms with Crippen molar-refractivity contribution in [3.8, 4) is 5.75 Å². The quantitative estimate of drug-likeness (QED) is 0.448. The van der Waals surface area contributed by atoms with Crippen LogP contribution in [0.1, 0.15) is 11.1 Å². The number of hydrogen-bond donors (Lipinski definition) is 1. The number of carbonyl (C=O) groups excluding carboxylic acids is 3. The van der Waals surface area contributed by atoms with Crippen molar-refractivity contribution < 1.29 is 19.1 Å². The second kappa shape index (κ2) is 10.4. The predicted molar refractivity (Wildman–Crippen MR) is 130 cm³/mol. The SMILES string of the molecule is O=C(CN1C(=O)S/C(=C\c2cccc(OCc3ccc(Cl)cc3)c2)C1=O)Nc1ccccc1. The lowest BCUT2D eigenvalue weighted by Gasteiger charge is -2.12. The lowest BCUT2D eigenvalue weighted by Crippen LogP contribution is -2.36. The first-order valence-electron chi connectivity index (χ1n) is 10.1. The monoisotopic (exact) mass is 478 g/mol. The smallest absolute Gasteiger partial charge is 0.294 e. The van der Waals surface area contributed by atoms with Crippen molar-refractivity contribution >= 4 is 52.2 Å². The van der Waals surface area contributed by atoms with Crippen molar-refractivity contribution in [3.63, 3.8) is 0 Å². The summed E-state index contributed by atoms with van der Waals surface area (Å²) in [5, 5.41) is 2.85. The van der Waals surface area contributed by atoms with Gasteiger partial charge in [-0.15, -0.1) is 0 Å². The van der Waals surface area contributed by atoms with E-state index in [0.717, 1.165) is 22.2 Å². The van der Waals surface area contributed by atoms with Gasteiger partial charge in [-0.3, -0.25) is 19.3 Å². The average molecular weight is 479 g/mol. The Kier molecular flexibility index (Phi) is 7.12. The summed E-state index contributed by atoms with van der Waals surface area (Å²) in [5.74, 6) is -0.316. The molecule has 1 heterocycles. The number of para-hydroxylation sites is 1. The van der Waals surface area contributed by atoms with Gasteiger partial charge in [0, 0.05) is 10.7 Å². The summed E-state index contributed by atoms with van der Waals surface area (Å²) in [7, 11) is 0. The van der Waals surface area contributed by atoms with E-state index in [0.29, 0.717) is 28.6 Å². The van der Waals surface area contributed by atoms with Gasteiger partial charge in [-0.2, -0.15) is 0 Å². The van der Waals surface area contributed by atoms with E-state index in [4.69, 9.17) is 16.3 Å². The van der Waals surface area contributed by atoms with Crippen LogP contribution in [0.2, 0.25) is 5.02 Å². The number of nitrogens with zero attached hydrogens (tertiary/aromatic N) is 1. The van der Waals surface area contributed by atoms with Gasteiger partial charge in [0.15, 0.2) is 0 Å². The zero-order valence-corrected chi connectivity index (χ0v) is 18.9. The third-order valence-corrected chi connectivity index (χ3v) is 5.87. The normalized spacial score (nSPS) is 14.6. The van der Waals surface area contributed by atoms with Crippen molar-refractivity contribution in [3.05, 3.63) is 99.9 Å². The van der Waals surface area contributed by atoms with Gasteiger partial charge in [0.2, 0.25) is 5.91 Å². The third kappa shape index (κ3) is 6.03. The van der Waals surface area contributed by atoms with Crippen LogP contribution in [0.4, 0.5) is 10.5 Å². The first kappa shape index (κ1) is 22.6. The Morgan fingerprint density at radius 2 is 1.76 bits per heavy atom. The van der Waals surface area contributed by atoms with Gasteiger partial charge < -0.3 is 10.1 Å². The molecule has 4 rings (SSSR count). The molecule has 1 saturated heterocycles. The minimum atomic E-state index is -0.499. The van der Waals surface area contributed by atoms with Crippen LogP contribution in [-0.4, -0.2) is 28.5 Å². The van der Waals surface area contributed by atoms with Gasteiger partial charge in [-0.25, -0.2) is 0 Å². The molecule has 1 aliphatic rings. The molecule has 3 aromatic rings. The second-order valence-corrected chi connectivity index (χ2v) is 8.60. The number of anilines is 1. The van der Waals surface area contributed by atoms with Crippen LogP contribution in [-0.2, 0) is 16.2 Å². The van der Waals surface area contributed by atoms with E-state index in [-0.39, 0.29) is 11.4 Å². The van der Waals surface area contributed by atoms with E-state index in [2.05, 4.69) is 5.32 Å². The van der Waals surface area contributed by atoms with Gasteiger partial charge in [0.1, 0.15) is 18.9 Å². The van der Waals surface area contributed by atoms with Crippen LogP contribution in [0, 0.1) is 0 Å². The summed E-state index contributed by atoms with van der Waals surface area (Å²) >= 11 is 6.71. The highest BCUT2D eigenvalue weighted by atomic mass is 35.5. The molecule has 33 heavy (non-hydrogen) atoms. The fourth-order valence-electron chi connectivity index (χ4n) is 3.09. The maximum Gasteiger partial charge on any atom is 0.294 e. The molecular formula is C25H19ClN2O4S. The molecule has 166 valence electrons. The Morgan fingerprint density at radius 3 is 2.52 bits per heavy atom. The standard InChI is InChI=1S/C25H19ClN2O4S/c26-19-11-9-17(10-12-19)16-32-21-8-4-5-18(13-21)14-22-24(30)28(25(31)33-22)15-23(29)27-20-6-2-1-3-7-20/h1-14H,15-16H2,(H,27,29)/b22-14-. The van der Waals surface area contributed by atoms with E-state index in [1.165, 1.54) is 0 Å². The van der Waals surface area contributed by atoms with Crippen molar-refractivity contribution in [2.45, 2.75) is 6.61 Å². The molecule has 0 spiro atoms. The van der Waals surface area contributed by atoms with Crippen LogP contribution in [0.5, 0.6) is 5.75 Å². The molecule has 1 aliphatic heterocycles. The van der Waals surface area contributed by atoms with Crippen LogP contribution in [0.15, 0.2) is 83.8 Å². The van der Waals surface area contributed by atoms with Crippen LogP contribution < -0.4 is 10.1 Å². The van der Waals surface area contributed by atoms with Crippen molar-refractivity contribution in [2.75, 3.05) is 11.9 Å². The lowest BCUT2D eigenvalue weighted by atomic mass is 10.2. The number of rotatable bonds is 7. The number of carbonyl (C=O) groups is 3. The van der Waals surface area contributed by atoms with Gasteiger partial charge in [-0.05, 0) is 65.4 Å². The molecular weight excluding hydrogens is 460 g/mol. The first-order valence-corrected chi connectivity index (χ1v) is 11.2. The molecule has 0 atom stereocenters. The molecule has 8 heteroatoms. The summed E-state index contributed by atoms with van der Waals surface area (Å²) in [6, 6.07) is 23.4. The molecule has 0 aromatic heterocycles. The molecule has 0 radical (unpaired) electrons. The highest BCUT2D eigenvalue weighted by Crippen LogP contribution is 2.32. The number of imide groups is 1. The number of thioether (sulfide) groups is 1. The molecule has 0 bridgehead atoms. The molecule has 1 fully saturated rings. The van der Waals surface area contributed by atoms with Crippen molar-refractivity contribution in [2.24, 2.45) is 0 Å². The average Bonchev–Trinajstić information content (AvgIpc) is 3.07. The van der Waals surface area contributed by atoms with Crippen LogP contribution >= 0.6 is 23.4 Å². The number of benzene rings is 3. The Labute approximate surface area is 200 Å². The van der Waals surface area contributed by atoms with E-state index in [1.54, 1.807) is 54.6 Å². The first-order chi connectivity index (χ1) is 16.0. The number of hydrogen-bond acceptors (Lipinski definition) is 5. The number of ether oxygens (including phenoxy) is 1. The van der Waals surface area contributed by atoms with E-state index in [1.807, 2.05) is 30.3 Å². The Hall–Kier alpha value is -3.55. The largest absolute Gasteiger partial charge is 0.489 e. The highest BCUT2D eigenvalue weighted by Gasteiger charge is 2.36. The molecule has 3 aromatic carbocycles. The molecule has 0 unspecified atom stereocenters. The highest BCUT2D eigenvalue weighted by molar-refractivity contribution is 8.18. The van der Waals surface area contributed by atoms with Gasteiger partial charge >= 0.3 is 0 Å². The fraction of sp³-hybridized carbons (Fsp3) is 0.0800. The Morgan fingerprint density at radius 1 is 1.00 bits per heavy atom. The van der Waals surface area contributed by atoms with E-state index in [9.17, 15) is 14.4 Å². The summed E-state index contributed by atoms with van der Waals surface area (Å²) in [6.07, 6.45) is 1.62. The topological polar surface area (TPSA) is 75.7 Å². The second-order valence-electron chi connectivity index (χ2n) is 7.17. The Balaban J connectivity index is 1.40. The summed E-state index contributed by atoms with van der Waals surface area (Å²) < 4.78 is 5.82. The zero-order valence-electron chi connectivity index (χ0n) is 17.4. The van der Waals surface area contributed by atoms with E-state index < -0.39 is 17.1 Å². The minimum absolute atomic E-state index is 0.252. The molecule has 1 N–H and O–H groups in total. The van der Waals surface area contributed by atoms with E-state index >= 15 is 0 Å². The summed E-state index contributed by atoms with van der Waals surface area (Å²) in [4.78, 5) is 38.5.